The van der Waals surface area contributed by atoms with Gasteiger partial charge < -0.3 is 5.11 Å². The fourth-order valence-electron chi connectivity index (χ4n) is 2.20. The zero-order valence-electron chi connectivity index (χ0n) is 9.40. The number of aryl methyl sites for hydroxylation is 1. The number of aliphatic hydroxyl groups excluding tert-OH is 1. The second-order valence-corrected chi connectivity index (χ2v) is 6.39. The first-order chi connectivity index (χ1) is 7.68. The summed E-state index contributed by atoms with van der Waals surface area (Å²) in [5.74, 6) is 3.14. The van der Waals surface area contributed by atoms with Crippen LogP contribution in [0.1, 0.15) is 31.1 Å². The fourth-order valence-corrected chi connectivity index (χ4v) is 4.02. The molecule has 1 aliphatic rings. The quantitative estimate of drug-likeness (QED) is 0.933. The van der Waals surface area contributed by atoms with E-state index in [9.17, 15) is 5.11 Å². The zero-order chi connectivity index (χ0) is 11.5. The van der Waals surface area contributed by atoms with E-state index in [1.807, 2.05) is 18.8 Å². The molecule has 0 amide bonds. The van der Waals surface area contributed by atoms with Crippen molar-refractivity contribution in [3.8, 4) is 0 Å². The lowest BCUT2D eigenvalue weighted by molar-refractivity contribution is 0.132. The van der Waals surface area contributed by atoms with Crippen LogP contribution in [0.5, 0.6) is 0 Å². The Morgan fingerprint density at radius 1 is 1.62 bits per heavy atom. The summed E-state index contributed by atoms with van der Waals surface area (Å²) < 4.78 is 2.67. The Kier molecular flexibility index (Phi) is 4.33. The van der Waals surface area contributed by atoms with Crippen LogP contribution in [-0.4, -0.2) is 26.4 Å². The second kappa shape index (κ2) is 5.56. The minimum absolute atomic E-state index is 0.394. The first-order valence-electron chi connectivity index (χ1n) is 5.61. The summed E-state index contributed by atoms with van der Waals surface area (Å²) in [4.78, 5) is 0. The van der Waals surface area contributed by atoms with Crippen LogP contribution in [0.2, 0.25) is 0 Å². The third-order valence-corrected chi connectivity index (χ3v) is 4.81. The van der Waals surface area contributed by atoms with Crippen LogP contribution in [0.15, 0.2) is 10.7 Å². The van der Waals surface area contributed by atoms with E-state index in [0.29, 0.717) is 5.92 Å². The monoisotopic (exact) mass is 304 g/mol. The summed E-state index contributed by atoms with van der Waals surface area (Å²) in [6.45, 7) is 0. The third kappa shape index (κ3) is 2.81. The molecule has 1 aliphatic heterocycles. The van der Waals surface area contributed by atoms with Crippen molar-refractivity contribution < 1.29 is 5.11 Å². The van der Waals surface area contributed by atoms with Gasteiger partial charge in [-0.1, -0.05) is 0 Å². The van der Waals surface area contributed by atoms with Gasteiger partial charge in [0.2, 0.25) is 0 Å². The maximum atomic E-state index is 10.2. The molecule has 5 heteroatoms. The van der Waals surface area contributed by atoms with Crippen LogP contribution in [0.3, 0.4) is 0 Å². The van der Waals surface area contributed by atoms with E-state index in [0.717, 1.165) is 16.6 Å². The fraction of sp³-hybridized carbons (Fsp3) is 0.727. The summed E-state index contributed by atoms with van der Waals surface area (Å²) >= 11 is 5.46. The summed E-state index contributed by atoms with van der Waals surface area (Å²) in [6, 6.07) is 0. The van der Waals surface area contributed by atoms with Crippen molar-refractivity contribution >= 4 is 27.7 Å². The maximum Gasteiger partial charge on any atom is 0.0970 e. The third-order valence-electron chi connectivity index (χ3n) is 3.15. The minimum Gasteiger partial charge on any atom is -0.387 e. The first kappa shape index (κ1) is 12.5. The van der Waals surface area contributed by atoms with Gasteiger partial charge in [0, 0.05) is 7.05 Å². The van der Waals surface area contributed by atoms with E-state index in [2.05, 4.69) is 21.0 Å². The van der Waals surface area contributed by atoms with E-state index in [4.69, 9.17) is 0 Å². The summed E-state index contributed by atoms with van der Waals surface area (Å²) in [5.41, 5.74) is 0.901. The Morgan fingerprint density at radius 3 is 2.88 bits per heavy atom. The summed E-state index contributed by atoms with van der Waals surface area (Å²) in [6.07, 6.45) is 4.68. The highest BCUT2D eigenvalue weighted by Crippen LogP contribution is 2.33. The van der Waals surface area contributed by atoms with Crippen molar-refractivity contribution in [3.05, 3.63) is 16.4 Å². The van der Waals surface area contributed by atoms with E-state index in [1.165, 1.54) is 24.3 Å². The van der Waals surface area contributed by atoms with Gasteiger partial charge in [0.15, 0.2) is 0 Å². The van der Waals surface area contributed by atoms with Crippen LogP contribution in [0.4, 0.5) is 0 Å². The van der Waals surface area contributed by atoms with Gasteiger partial charge in [0.05, 0.1) is 22.5 Å². The van der Waals surface area contributed by atoms with Gasteiger partial charge in [0.25, 0.3) is 0 Å². The molecule has 0 radical (unpaired) electrons. The standard InChI is InChI=1S/C11H17BrN2OS/c1-14-11(9(12)7-13-14)10(15)6-8-2-4-16-5-3-8/h7-8,10,15H,2-6H2,1H3. The zero-order valence-corrected chi connectivity index (χ0v) is 11.8. The molecule has 3 nitrogen and oxygen atoms in total. The van der Waals surface area contributed by atoms with E-state index in [-0.39, 0.29) is 0 Å². The lowest BCUT2D eigenvalue weighted by Crippen LogP contribution is -2.15. The van der Waals surface area contributed by atoms with Crippen molar-refractivity contribution in [1.29, 1.82) is 0 Å². The Hall–Kier alpha value is -0.0000000000000000555. The minimum atomic E-state index is -0.394. The Bertz CT molecular complexity index is 330. The SMILES string of the molecule is Cn1ncc(Br)c1C(O)CC1CCSCC1. The molecule has 0 saturated carbocycles. The normalized spacial score (nSPS) is 19.9. The Labute approximate surface area is 109 Å². The molecule has 0 bridgehead atoms. The van der Waals surface area contributed by atoms with Crippen LogP contribution >= 0.6 is 27.7 Å². The van der Waals surface area contributed by atoms with Gasteiger partial charge in [-0.15, -0.1) is 0 Å². The number of aromatic nitrogens is 2. The summed E-state index contributed by atoms with van der Waals surface area (Å²) in [7, 11) is 1.88. The van der Waals surface area contributed by atoms with Gasteiger partial charge in [-0.2, -0.15) is 16.9 Å². The van der Waals surface area contributed by atoms with Crippen molar-refractivity contribution in [1.82, 2.24) is 9.78 Å². The summed E-state index contributed by atoms with van der Waals surface area (Å²) in [5, 5.41) is 14.4. The van der Waals surface area contributed by atoms with E-state index >= 15 is 0 Å². The molecule has 0 aliphatic carbocycles. The molecule has 1 aromatic heterocycles. The number of thioether (sulfide) groups is 1. The molecule has 90 valence electrons. The lowest BCUT2D eigenvalue weighted by atomic mass is 9.94. The number of nitrogens with zero attached hydrogens (tertiary/aromatic N) is 2. The molecule has 0 aromatic carbocycles. The van der Waals surface area contributed by atoms with Crippen molar-refractivity contribution in [2.45, 2.75) is 25.4 Å². The lowest BCUT2D eigenvalue weighted by Gasteiger charge is -2.24. The molecule has 0 spiro atoms. The second-order valence-electron chi connectivity index (χ2n) is 4.31. The number of hydrogen-bond donors (Lipinski definition) is 1. The smallest absolute Gasteiger partial charge is 0.0970 e. The Morgan fingerprint density at radius 2 is 2.31 bits per heavy atom. The maximum absolute atomic E-state index is 10.2. The van der Waals surface area contributed by atoms with Crippen molar-refractivity contribution in [3.63, 3.8) is 0 Å². The van der Waals surface area contributed by atoms with Gasteiger partial charge in [-0.05, 0) is 52.6 Å². The highest BCUT2D eigenvalue weighted by atomic mass is 79.9. The molecular weight excluding hydrogens is 288 g/mol. The molecule has 2 rings (SSSR count). The Balaban J connectivity index is 1.99. The highest BCUT2D eigenvalue weighted by Gasteiger charge is 2.22. The van der Waals surface area contributed by atoms with Gasteiger partial charge in [-0.3, -0.25) is 4.68 Å². The van der Waals surface area contributed by atoms with Gasteiger partial charge >= 0.3 is 0 Å². The molecular formula is C11H17BrN2OS. The molecule has 1 unspecified atom stereocenters. The van der Waals surface area contributed by atoms with E-state index in [1.54, 1.807) is 10.9 Å². The number of aliphatic hydroxyl groups is 1. The van der Waals surface area contributed by atoms with E-state index < -0.39 is 6.10 Å². The number of hydrogen-bond acceptors (Lipinski definition) is 3. The molecule has 16 heavy (non-hydrogen) atoms. The predicted octanol–water partition coefficient (Wildman–Crippen LogP) is 2.75. The average molecular weight is 305 g/mol. The first-order valence-corrected chi connectivity index (χ1v) is 7.56. The van der Waals surface area contributed by atoms with Crippen LogP contribution < -0.4 is 0 Å². The average Bonchev–Trinajstić information content (AvgIpc) is 2.60. The van der Waals surface area contributed by atoms with Crippen molar-refractivity contribution in [2.75, 3.05) is 11.5 Å². The van der Waals surface area contributed by atoms with Crippen LogP contribution in [0, 0.1) is 5.92 Å². The largest absolute Gasteiger partial charge is 0.387 e. The number of halogens is 1. The molecule has 1 atom stereocenters. The molecule has 2 heterocycles. The van der Waals surface area contributed by atoms with Crippen LogP contribution in [0.25, 0.3) is 0 Å². The number of rotatable bonds is 3. The van der Waals surface area contributed by atoms with Crippen molar-refractivity contribution in [2.24, 2.45) is 13.0 Å². The topological polar surface area (TPSA) is 38.0 Å². The van der Waals surface area contributed by atoms with Gasteiger partial charge in [0.1, 0.15) is 0 Å². The van der Waals surface area contributed by atoms with Gasteiger partial charge in [-0.25, -0.2) is 0 Å². The van der Waals surface area contributed by atoms with Crippen LogP contribution in [-0.2, 0) is 7.05 Å². The highest BCUT2D eigenvalue weighted by molar-refractivity contribution is 9.10. The predicted molar refractivity (Wildman–Crippen MR) is 70.5 cm³/mol. The molecule has 1 N–H and O–H groups in total. The molecule has 1 saturated heterocycles. The molecule has 1 fully saturated rings. The molecule has 1 aromatic rings.